The fraction of sp³-hybridized carbons (Fsp3) is 0.632. The van der Waals surface area contributed by atoms with Crippen LogP contribution in [0.2, 0.25) is 0 Å². The van der Waals surface area contributed by atoms with Crippen LogP contribution >= 0.6 is 24.0 Å². The molecule has 142 valence electrons. The van der Waals surface area contributed by atoms with Crippen molar-refractivity contribution in [3.8, 4) is 0 Å². The van der Waals surface area contributed by atoms with Crippen LogP contribution in [0.1, 0.15) is 31.7 Å². The van der Waals surface area contributed by atoms with Crippen molar-refractivity contribution in [3.63, 3.8) is 0 Å². The van der Waals surface area contributed by atoms with Crippen LogP contribution < -0.4 is 10.6 Å². The van der Waals surface area contributed by atoms with E-state index in [-0.39, 0.29) is 29.8 Å². The van der Waals surface area contributed by atoms with Gasteiger partial charge >= 0.3 is 0 Å². The van der Waals surface area contributed by atoms with Gasteiger partial charge in [-0.2, -0.15) is 0 Å². The molecule has 1 aromatic carbocycles. The Balaban J connectivity index is 0.00000312. The summed E-state index contributed by atoms with van der Waals surface area (Å²) < 4.78 is 13.1. The van der Waals surface area contributed by atoms with Crippen molar-refractivity contribution in [1.82, 2.24) is 15.5 Å². The zero-order chi connectivity index (χ0) is 17.2. The van der Waals surface area contributed by atoms with Crippen LogP contribution in [0.5, 0.6) is 0 Å². The van der Waals surface area contributed by atoms with Crippen LogP contribution in [-0.4, -0.2) is 50.6 Å². The standard InChI is InChI=1S/C19H31FN4.HI/c1-3-24-13-9-16(10-14-24)7-11-22-19(21-2)23-12-8-17-5-4-6-18(20)15-17;/h4-6,15-16H,3,7-14H2,1-2H3,(H2,21,22,23);1H. The van der Waals surface area contributed by atoms with Crippen molar-refractivity contribution < 1.29 is 4.39 Å². The first-order valence-electron chi connectivity index (χ1n) is 9.12. The first-order valence-corrected chi connectivity index (χ1v) is 9.12. The van der Waals surface area contributed by atoms with Crippen molar-refractivity contribution in [1.29, 1.82) is 0 Å². The van der Waals surface area contributed by atoms with E-state index in [2.05, 4.69) is 27.4 Å². The van der Waals surface area contributed by atoms with Crippen LogP contribution in [-0.2, 0) is 6.42 Å². The highest BCUT2D eigenvalue weighted by molar-refractivity contribution is 14.0. The highest BCUT2D eigenvalue weighted by atomic mass is 127. The number of piperidine rings is 1. The summed E-state index contributed by atoms with van der Waals surface area (Å²) in [5.41, 5.74) is 1.00. The Morgan fingerprint density at radius 3 is 2.60 bits per heavy atom. The van der Waals surface area contributed by atoms with Gasteiger partial charge in [0.1, 0.15) is 5.82 Å². The topological polar surface area (TPSA) is 39.7 Å². The van der Waals surface area contributed by atoms with E-state index in [1.165, 1.54) is 45.0 Å². The number of aliphatic imine (C=N–C) groups is 1. The van der Waals surface area contributed by atoms with Crippen LogP contribution in [0.15, 0.2) is 29.3 Å². The van der Waals surface area contributed by atoms with Gasteiger partial charge in [0.15, 0.2) is 5.96 Å². The number of hydrogen-bond donors (Lipinski definition) is 2. The number of nitrogens with zero attached hydrogens (tertiary/aromatic N) is 2. The molecule has 1 aliphatic rings. The molecular formula is C19H32FIN4. The second-order valence-electron chi connectivity index (χ2n) is 6.47. The minimum absolute atomic E-state index is 0. The molecule has 0 radical (unpaired) electrons. The predicted molar refractivity (Wildman–Crippen MR) is 114 cm³/mol. The summed E-state index contributed by atoms with van der Waals surface area (Å²) in [6, 6.07) is 6.76. The van der Waals surface area contributed by atoms with E-state index in [0.29, 0.717) is 0 Å². The summed E-state index contributed by atoms with van der Waals surface area (Å²) in [5.74, 6) is 1.48. The van der Waals surface area contributed by atoms with E-state index in [1.807, 2.05) is 6.07 Å². The van der Waals surface area contributed by atoms with Crippen molar-refractivity contribution in [2.75, 3.05) is 39.8 Å². The van der Waals surface area contributed by atoms with Gasteiger partial charge in [-0.15, -0.1) is 24.0 Å². The molecule has 0 atom stereocenters. The molecule has 0 aromatic heterocycles. The largest absolute Gasteiger partial charge is 0.356 e. The van der Waals surface area contributed by atoms with Crippen molar-refractivity contribution in [3.05, 3.63) is 35.6 Å². The van der Waals surface area contributed by atoms with Crippen molar-refractivity contribution in [2.24, 2.45) is 10.9 Å². The fourth-order valence-corrected chi connectivity index (χ4v) is 3.22. The van der Waals surface area contributed by atoms with Gasteiger partial charge < -0.3 is 15.5 Å². The molecule has 1 aromatic rings. The molecule has 1 fully saturated rings. The maximum atomic E-state index is 13.1. The lowest BCUT2D eigenvalue weighted by atomic mass is 9.93. The van der Waals surface area contributed by atoms with Gasteiger partial charge in [-0.05, 0) is 68.9 Å². The van der Waals surface area contributed by atoms with E-state index in [1.54, 1.807) is 19.2 Å². The van der Waals surface area contributed by atoms with Gasteiger partial charge in [0.05, 0.1) is 0 Å². The van der Waals surface area contributed by atoms with Crippen LogP contribution in [0, 0.1) is 11.7 Å². The minimum atomic E-state index is -0.177. The third-order valence-electron chi connectivity index (χ3n) is 4.82. The molecule has 0 aliphatic carbocycles. The Bertz CT molecular complexity index is 516. The molecule has 6 heteroatoms. The van der Waals surface area contributed by atoms with E-state index >= 15 is 0 Å². The fourth-order valence-electron chi connectivity index (χ4n) is 3.22. The zero-order valence-electron chi connectivity index (χ0n) is 15.4. The molecule has 2 N–H and O–H groups in total. The lowest BCUT2D eigenvalue weighted by molar-refractivity contribution is 0.187. The van der Waals surface area contributed by atoms with Crippen LogP contribution in [0.3, 0.4) is 0 Å². The van der Waals surface area contributed by atoms with E-state index < -0.39 is 0 Å². The molecule has 4 nitrogen and oxygen atoms in total. The molecule has 1 aliphatic heterocycles. The Morgan fingerprint density at radius 2 is 1.96 bits per heavy atom. The third kappa shape index (κ3) is 8.35. The smallest absolute Gasteiger partial charge is 0.190 e. The number of guanidine groups is 1. The molecule has 0 saturated carbocycles. The summed E-state index contributed by atoms with van der Waals surface area (Å²) in [5, 5.41) is 6.69. The second kappa shape index (κ2) is 12.5. The number of benzene rings is 1. The first-order chi connectivity index (χ1) is 11.7. The molecular weight excluding hydrogens is 430 g/mol. The maximum Gasteiger partial charge on any atom is 0.190 e. The molecule has 0 bridgehead atoms. The van der Waals surface area contributed by atoms with Gasteiger partial charge in [-0.1, -0.05) is 19.1 Å². The van der Waals surface area contributed by atoms with Crippen molar-refractivity contribution in [2.45, 2.75) is 32.6 Å². The maximum absolute atomic E-state index is 13.1. The quantitative estimate of drug-likeness (QED) is 0.371. The average molecular weight is 462 g/mol. The van der Waals surface area contributed by atoms with E-state index in [4.69, 9.17) is 0 Å². The summed E-state index contributed by atoms with van der Waals surface area (Å²) in [6.45, 7) is 7.59. The number of halogens is 2. The predicted octanol–water partition coefficient (Wildman–Crippen LogP) is 3.27. The number of rotatable bonds is 7. The van der Waals surface area contributed by atoms with Gasteiger partial charge in [-0.3, -0.25) is 4.99 Å². The van der Waals surface area contributed by atoms with E-state index in [9.17, 15) is 4.39 Å². The second-order valence-corrected chi connectivity index (χ2v) is 6.47. The van der Waals surface area contributed by atoms with Gasteiger partial charge in [0.25, 0.3) is 0 Å². The lowest BCUT2D eigenvalue weighted by Crippen LogP contribution is -2.40. The molecule has 0 spiro atoms. The Labute approximate surface area is 168 Å². The average Bonchev–Trinajstić information content (AvgIpc) is 2.61. The summed E-state index contributed by atoms with van der Waals surface area (Å²) in [6.07, 6.45) is 4.60. The highest BCUT2D eigenvalue weighted by Crippen LogP contribution is 2.19. The van der Waals surface area contributed by atoms with Crippen LogP contribution in [0.25, 0.3) is 0 Å². The summed E-state index contributed by atoms with van der Waals surface area (Å²) >= 11 is 0. The normalized spacial score (nSPS) is 16.4. The monoisotopic (exact) mass is 462 g/mol. The first kappa shape index (κ1) is 22.2. The molecule has 25 heavy (non-hydrogen) atoms. The zero-order valence-corrected chi connectivity index (χ0v) is 17.8. The Morgan fingerprint density at radius 1 is 1.24 bits per heavy atom. The molecule has 1 heterocycles. The van der Waals surface area contributed by atoms with Gasteiger partial charge in [0, 0.05) is 20.1 Å². The highest BCUT2D eigenvalue weighted by Gasteiger charge is 2.17. The number of hydrogen-bond acceptors (Lipinski definition) is 2. The van der Waals surface area contributed by atoms with Crippen LogP contribution in [0.4, 0.5) is 4.39 Å². The SMILES string of the molecule is CCN1CCC(CCNC(=NC)NCCc2cccc(F)c2)CC1.I. The van der Waals surface area contributed by atoms with Crippen molar-refractivity contribution >= 4 is 29.9 Å². The molecule has 0 amide bonds. The third-order valence-corrected chi connectivity index (χ3v) is 4.82. The summed E-state index contributed by atoms with van der Waals surface area (Å²) in [4.78, 5) is 6.78. The Kier molecular flexibility index (Phi) is 11.0. The van der Waals surface area contributed by atoms with Gasteiger partial charge in [0.2, 0.25) is 0 Å². The van der Waals surface area contributed by atoms with Gasteiger partial charge in [-0.25, -0.2) is 4.39 Å². The number of likely N-dealkylation sites (tertiary alicyclic amines) is 1. The molecule has 1 saturated heterocycles. The number of nitrogens with one attached hydrogen (secondary N) is 2. The Hall–Kier alpha value is -0.890. The lowest BCUT2D eigenvalue weighted by Gasteiger charge is -2.31. The molecule has 2 rings (SSSR count). The molecule has 0 unspecified atom stereocenters. The van der Waals surface area contributed by atoms with E-state index in [0.717, 1.165) is 37.0 Å². The minimum Gasteiger partial charge on any atom is -0.356 e. The summed E-state index contributed by atoms with van der Waals surface area (Å²) in [7, 11) is 1.79.